The first-order valence-corrected chi connectivity index (χ1v) is 8.25. The lowest BCUT2D eigenvalue weighted by atomic mass is 10.1. The minimum atomic E-state index is -0.777. The summed E-state index contributed by atoms with van der Waals surface area (Å²) in [7, 11) is 3.08. The van der Waals surface area contributed by atoms with Gasteiger partial charge in [0.2, 0.25) is 6.79 Å². The van der Waals surface area contributed by atoms with Crippen molar-refractivity contribution < 1.29 is 28.5 Å². The highest BCUT2D eigenvalue weighted by atomic mass is 16.7. The Hall–Kier alpha value is -3.42. The highest BCUT2D eigenvalue weighted by Gasteiger charge is 2.20. The molecule has 2 aromatic carbocycles. The lowest BCUT2D eigenvalue weighted by Gasteiger charge is -2.16. The number of rotatable bonds is 5. The first-order chi connectivity index (χ1) is 13.0. The molecule has 0 aliphatic carbocycles. The van der Waals surface area contributed by atoms with E-state index in [4.69, 9.17) is 18.9 Å². The maximum absolute atomic E-state index is 12.2. The molecule has 1 aliphatic rings. The van der Waals surface area contributed by atoms with Crippen LogP contribution in [0.2, 0.25) is 0 Å². The Morgan fingerprint density at radius 2 is 1.70 bits per heavy atom. The molecular weight excluding hydrogens is 352 g/mol. The summed E-state index contributed by atoms with van der Waals surface area (Å²) in [4.78, 5) is 24.4. The van der Waals surface area contributed by atoms with Crippen LogP contribution >= 0.6 is 0 Å². The van der Waals surface area contributed by atoms with Crippen molar-refractivity contribution in [3.05, 3.63) is 42.0 Å². The SMILES string of the molecule is COc1ccc(C(C)NC(=O)C(=O)Nc2ccc3c(c2)OCO3)cc1OC. The molecule has 27 heavy (non-hydrogen) atoms. The van der Waals surface area contributed by atoms with Gasteiger partial charge in [0.15, 0.2) is 23.0 Å². The van der Waals surface area contributed by atoms with E-state index in [1.54, 1.807) is 50.4 Å². The van der Waals surface area contributed by atoms with Crippen LogP contribution in [-0.2, 0) is 9.59 Å². The quantitative estimate of drug-likeness (QED) is 0.782. The van der Waals surface area contributed by atoms with Crippen LogP contribution in [0.1, 0.15) is 18.5 Å². The number of hydrogen-bond acceptors (Lipinski definition) is 6. The maximum Gasteiger partial charge on any atom is 0.313 e. The Morgan fingerprint density at radius 1 is 0.963 bits per heavy atom. The van der Waals surface area contributed by atoms with E-state index in [0.717, 1.165) is 5.56 Å². The summed E-state index contributed by atoms with van der Waals surface area (Å²) < 4.78 is 20.9. The van der Waals surface area contributed by atoms with Gasteiger partial charge in [0, 0.05) is 11.8 Å². The third-order valence-electron chi connectivity index (χ3n) is 4.09. The molecule has 1 unspecified atom stereocenters. The fourth-order valence-corrected chi connectivity index (χ4v) is 2.63. The van der Waals surface area contributed by atoms with E-state index in [-0.39, 0.29) is 6.79 Å². The van der Waals surface area contributed by atoms with E-state index in [0.29, 0.717) is 28.7 Å². The number of carbonyl (C=O) groups excluding carboxylic acids is 2. The number of anilines is 1. The van der Waals surface area contributed by atoms with Crippen LogP contribution in [0.5, 0.6) is 23.0 Å². The molecule has 0 saturated carbocycles. The molecule has 0 fully saturated rings. The van der Waals surface area contributed by atoms with Crippen molar-refractivity contribution in [3.63, 3.8) is 0 Å². The highest BCUT2D eigenvalue weighted by Crippen LogP contribution is 2.34. The van der Waals surface area contributed by atoms with Crippen LogP contribution < -0.4 is 29.6 Å². The molecule has 8 nitrogen and oxygen atoms in total. The van der Waals surface area contributed by atoms with Crippen molar-refractivity contribution in [2.75, 3.05) is 26.3 Å². The zero-order valence-corrected chi connectivity index (χ0v) is 15.2. The van der Waals surface area contributed by atoms with Gasteiger partial charge >= 0.3 is 11.8 Å². The summed E-state index contributed by atoms with van der Waals surface area (Å²) in [5.74, 6) is 0.712. The molecule has 2 aromatic rings. The van der Waals surface area contributed by atoms with Crippen molar-refractivity contribution in [3.8, 4) is 23.0 Å². The Morgan fingerprint density at radius 3 is 2.44 bits per heavy atom. The van der Waals surface area contributed by atoms with E-state index in [1.165, 1.54) is 7.11 Å². The normalized spacial score (nSPS) is 12.9. The van der Waals surface area contributed by atoms with Crippen LogP contribution in [0.3, 0.4) is 0 Å². The first-order valence-electron chi connectivity index (χ1n) is 8.25. The molecule has 2 amide bonds. The lowest BCUT2D eigenvalue weighted by molar-refractivity contribution is -0.136. The third kappa shape index (κ3) is 4.05. The average molecular weight is 372 g/mol. The Kier molecular flexibility index (Phi) is 5.35. The van der Waals surface area contributed by atoms with Crippen LogP contribution in [-0.4, -0.2) is 32.8 Å². The minimum Gasteiger partial charge on any atom is -0.493 e. The second-order valence-corrected chi connectivity index (χ2v) is 5.83. The van der Waals surface area contributed by atoms with Crippen LogP contribution in [0.4, 0.5) is 5.69 Å². The summed E-state index contributed by atoms with van der Waals surface area (Å²) >= 11 is 0. The van der Waals surface area contributed by atoms with Crippen LogP contribution in [0.25, 0.3) is 0 Å². The topological polar surface area (TPSA) is 95.1 Å². The summed E-state index contributed by atoms with van der Waals surface area (Å²) in [5.41, 5.74) is 1.22. The Labute approximate surface area is 156 Å². The maximum atomic E-state index is 12.2. The van der Waals surface area contributed by atoms with Crippen molar-refractivity contribution in [2.24, 2.45) is 0 Å². The molecule has 0 radical (unpaired) electrons. The smallest absolute Gasteiger partial charge is 0.313 e. The molecule has 0 aromatic heterocycles. The van der Waals surface area contributed by atoms with Crippen molar-refractivity contribution in [1.82, 2.24) is 5.32 Å². The lowest BCUT2D eigenvalue weighted by Crippen LogP contribution is -2.36. The molecule has 0 saturated heterocycles. The minimum absolute atomic E-state index is 0.135. The number of fused-ring (bicyclic) bond motifs is 1. The van der Waals surface area contributed by atoms with E-state index >= 15 is 0 Å². The van der Waals surface area contributed by atoms with Gasteiger partial charge in [-0.25, -0.2) is 0 Å². The standard InChI is InChI=1S/C19H20N2O6/c1-11(12-4-6-14(24-2)16(8-12)25-3)20-18(22)19(23)21-13-5-7-15-17(9-13)27-10-26-15/h4-9,11H,10H2,1-3H3,(H,20,22)(H,21,23). The van der Waals surface area contributed by atoms with Gasteiger partial charge in [-0.15, -0.1) is 0 Å². The van der Waals surface area contributed by atoms with E-state index < -0.39 is 17.9 Å². The van der Waals surface area contributed by atoms with Gasteiger partial charge in [0.1, 0.15) is 0 Å². The van der Waals surface area contributed by atoms with Gasteiger partial charge in [-0.2, -0.15) is 0 Å². The number of benzene rings is 2. The largest absolute Gasteiger partial charge is 0.493 e. The molecule has 1 atom stereocenters. The molecule has 0 spiro atoms. The van der Waals surface area contributed by atoms with Gasteiger partial charge in [-0.05, 0) is 36.8 Å². The second-order valence-electron chi connectivity index (χ2n) is 5.83. The van der Waals surface area contributed by atoms with Crippen LogP contribution in [0, 0.1) is 0 Å². The van der Waals surface area contributed by atoms with Crippen molar-refractivity contribution >= 4 is 17.5 Å². The number of hydrogen-bond donors (Lipinski definition) is 2. The second kappa shape index (κ2) is 7.86. The average Bonchev–Trinajstić information content (AvgIpc) is 3.15. The van der Waals surface area contributed by atoms with Gasteiger partial charge in [-0.3, -0.25) is 9.59 Å². The molecule has 2 N–H and O–H groups in total. The molecule has 1 aliphatic heterocycles. The molecule has 1 heterocycles. The molecule has 8 heteroatoms. The fourth-order valence-electron chi connectivity index (χ4n) is 2.63. The van der Waals surface area contributed by atoms with Gasteiger partial charge in [-0.1, -0.05) is 6.07 Å². The highest BCUT2D eigenvalue weighted by molar-refractivity contribution is 6.39. The van der Waals surface area contributed by atoms with Crippen LogP contribution in [0.15, 0.2) is 36.4 Å². The van der Waals surface area contributed by atoms with Gasteiger partial charge < -0.3 is 29.6 Å². The van der Waals surface area contributed by atoms with Crippen molar-refractivity contribution in [2.45, 2.75) is 13.0 Å². The summed E-state index contributed by atoms with van der Waals surface area (Å²) in [5, 5.41) is 5.19. The van der Waals surface area contributed by atoms with E-state index in [2.05, 4.69) is 10.6 Å². The zero-order valence-electron chi connectivity index (χ0n) is 15.2. The van der Waals surface area contributed by atoms with E-state index in [9.17, 15) is 9.59 Å². The Bertz CT molecular complexity index is 867. The predicted molar refractivity (Wildman–Crippen MR) is 97.3 cm³/mol. The summed E-state index contributed by atoms with van der Waals surface area (Å²) in [6.45, 7) is 1.91. The molecular formula is C19H20N2O6. The summed E-state index contributed by atoms with van der Waals surface area (Å²) in [6.07, 6.45) is 0. The fraction of sp³-hybridized carbons (Fsp3) is 0.263. The monoisotopic (exact) mass is 372 g/mol. The number of ether oxygens (including phenoxy) is 4. The number of methoxy groups -OCH3 is 2. The molecule has 3 rings (SSSR count). The number of carbonyl (C=O) groups is 2. The first kappa shape index (κ1) is 18.4. The van der Waals surface area contributed by atoms with E-state index in [1.807, 2.05) is 0 Å². The van der Waals surface area contributed by atoms with Gasteiger partial charge in [0.05, 0.1) is 20.3 Å². The molecule has 0 bridgehead atoms. The summed E-state index contributed by atoms with van der Waals surface area (Å²) in [6, 6.07) is 9.79. The zero-order chi connectivity index (χ0) is 19.4. The van der Waals surface area contributed by atoms with Gasteiger partial charge in [0.25, 0.3) is 0 Å². The van der Waals surface area contributed by atoms with Crippen molar-refractivity contribution in [1.29, 1.82) is 0 Å². The number of amides is 2. The predicted octanol–water partition coefficient (Wildman–Crippen LogP) is 2.25. The number of nitrogens with one attached hydrogen (secondary N) is 2. The Balaban J connectivity index is 1.63. The third-order valence-corrected chi connectivity index (χ3v) is 4.09. The molecule has 142 valence electrons.